The second kappa shape index (κ2) is 17.6. The van der Waals surface area contributed by atoms with E-state index in [2.05, 4.69) is 31.1 Å². The third kappa shape index (κ3) is 10.8. The lowest BCUT2D eigenvalue weighted by Crippen LogP contribution is -2.46. The Kier molecular flexibility index (Phi) is 14.0. The number of nitrogens with zero attached hydrogens (tertiary/aromatic N) is 3. The van der Waals surface area contributed by atoms with Gasteiger partial charge in [0.05, 0.1) is 23.8 Å². The van der Waals surface area contributed by atoms with E-state index >= 15 is 0 Å². The second-order valence-electron chi connectivity index (χ2n) is 14.9. The zero-order chi connectivity index (χ0) is 38.4. The van der Waals surface area contributed by atoms with E-state index in [4.69, 9.17) is 13.3 Å². The minimum absolute atomic E-state index is 0.0431. The van der Waals surface area contributed by atoms with E-state index in [0.29, 0.717) is 66.5 Å². The van der Waals surface area contributed by atoms with Crippen molar-refractivity contribution in [2.75, 3.05) is 26.0 Å². The van der Waals surface area contributed by atoms with Crippen LogP contribution in [-0.2, 0) is 37.1 Å². The first-order valence-electron chi connectivity index (χ1n) is 17.8. The van der Waals surface area contributed by atoms with Gasteiger partial charge in [0.15, 0.2) is 0 Å². The van der Waals surface area contributed by atoms with E-state index in [1.165, 1.54) is 24.3 Å². The van der Waals surface area contributed by atoms with Crippen molar-refractivity contribution in [3.05, 3.63) is 82.0 Å². The molecule has 0 spiro atoms. The predicted molar refractivity (Wildman–Crippen MR) is 204 cm³/mol. The van der Waals surface area contributed by atoms with Crippen LogP contribution < -0.4 is 5.63 Å². The number of hydrogen-bond donors (Lipinski definition) is 0. The summed E-state index contributed by atoms with van der Waals surface area (Å²) in [7, 11) is -5.11. The van der Waals surface area contributed by atoms with Gasteiger partial charge in [-0.25, -0.2) is 13.6 Å². The first-order chi connectivity index (χ1) is 24.4. The van der Waals surface area contributed by atoms with Crippen molar-refractivity contribution in [3.63, 3.8) is 0 Å². The summed E-state index contributed by atoms with van der Waals surface area (Å²) in [6.45, 7) is 16.9. The van der Waals surface area contributed by atoms with Gasteiger partial charge in [-0.3, -0.25) is 13.9 Å². The van der Waals surface area contributed by atoms with Gasteiger partial charge in [-0.15, -0.1) is 0 Å². The van der Waals surface area contributed by atoms with Crippen molar-refractivity contribution in [3.8, 4) is 0 Å². The quantitative estimate of drug-likeness (QED) is 0.0450. The van der Waals surface area contributed by atoms with Crippen molar-refractivity contribution >= 4 is 46.0 Å². The largest absolute Gasteiger partial charge is 0.422 e. The third-order valence-electron chi connectivity index (χ3n) is 9.42. The normalized spacial score (nSPS) is 17.2. The molecule has 10 nitrogen and oxygen atoms in total. The Morgan fingerprint density at radius 2 is 1.77 bits per heavy atom. The van der Waals surface area contributed by atoms with Crippen LogP contribution in [0.15, 0.2) is 69.3 Å². The Morgan fingerprint density at radius 3 is 2.37 bits per heavy atom. The van der Waals surface area contributed by atoms with Gasteiger partial charge in [0.2, 0.25) is 5.91 Å². The van der Waals surface area contributed by atoms with Gasteiger partial charge in [-0.1, -0.05) is 38.7 Å². The second-order valence-corrected chi connectivity index (χ2v) is 22.2. The zero-order valence-electron chi connectivity index (χ0n) is 31.5. The third-order valence-corrected chi connectivity index (χ3v) is 11.7. The van der Waals surface area contributed by atoms with Crippen molar-refractivity contribution in [1.82, 2.24) is 14.4 Å². The summed E-state index contributed by atoms with van der Waals surface area (Å²) in [5.41, 5.74) is 2.25. The molecule has 0 saturated heterocycles. The van der Waals surface area contributed by atoms with E-state index in [1.807, 2.05) is 18.4 Å². The molecule has 0 N–H and O–H groups in total. The molecule has 4 rings (SSSR count). The summed E-state index contributed by atoms with van der Waals surface area (Å²) < 4.78 is 71.8. The number of carbonyl (C=O) groups is 1. The Bertz CT molecular complexity index is 1990. The van der Waals surface area contributed by atoms with Gasteiger partial charge in [0.25, 0.3) is 10.1 Å². The van der Waals surface area contributed by atoms with E-state index in [0.717, 1.165) is 23.9 Å². The summed E-state index contributed by atoms with van der Waals surface area (Å²) in [6.07, 6.45) is 6.29. The van der Waals surface area contributed by atoms with Crippen molar-refractivity contribution in [2.45, 2.75) is 104 Å². The van der Waals surface area contributed by atoms with E-state index in [-0.39, 0.29) is 49.9 Å². The number of amides is 1. The highest BCUT2D eigenvalue weighted by molar-refractivity contribution is 7.85. The van der Waals surface area contributed by atoms with Gasteiger partial charge in [0.1, 0.15) is 24.0 Å². The van der Waals surface area contributed by atoms with Crippen LogP contribution in [-0.4, -0.2) is 74.9 Å². The molecule has 286 valence electrons. The molecule has 1 saturated carbocycles. The van der Waals surface area contributed by atoms with Crippen molar-refractivity contribution in [2.24, 2.45) is 0 Å². The molecule has 0 unspecified atom stereocenters. The maximum Gasteiger partial charge on any atom is 0.345 e. The molecule has 1 aliphatic rings. The molecule has 2 heterocycles. The molecule has 2 aromatic heterocycles. The molecule has 3 aromatic rings. The van der Waals surface area contributed by atoms with Crippen LogP contribution in [0, 0.1) is 5.82 Å². The Morgan fingerprint density at radius 1 is 1.10 bits per heavy atom. The van der Waals surface area contributed by atoms with Crippen molar-refractivity contribution in [1.29, 1.82) is 0 Å². The molecule has 0 atom stereocenters. The van der Waals surface area contributed by atoms with Gasteiger partial charge < -0.3 is 18.6 Å². The highest BCUT2D eigenvalue weighted by atomic mass is 32.2. The number of allylic oxidation sites excluding steroid dienone is 4. The molecule has 0 radical (unpaired) electrons. The van der Waals surface area contributed by atoms with E-state index in [9.17, 15) is 26.8 Å². The summed E-state index contributed by atoms with van der Waals surface area (Å²) in [5, 5.41) is 0.737. The summed E-state index contributed by atoms with van der Waals surface area (Å²) >= 11 is 0. The fourth-order valence-electron chi connectivity index (χ4n) is 6.73. The number of halogens is 2. The lowest BCUT2D eigenvalue weighted by atomic mass is 9.88. The highest BCUT2D eigenvalue weighted by Crippen LogP contribution is 2.33. The van der Waals surface area contributed by atoms with Crippen LogP contribution in [0.25, 0.3) is 21.9 Å². The minimum Gasteiger partial charge on any atom is -0.422 e. The SMILES string of the molecule is C=C/C(F)=C\C(=C(C)C)N(C(=O)CC)[C@H]1CC[C@H](N(CCOS(C)(=O)=O)Cc2cc3c(=O)oc4ccc(F)cc4c3n2COCC[Si](C)(C)C)CC1. The van der Waals surface area contributed by atoms with Gasteiger partial charge in [-0.2, -0.15) is 8.42 Å². The lowest BCUT2D eigenvalue weighted by molar-refractivity contribution is -0.131. The van der Waals surface area contributed by atoms with Crippen LogP contribution in [0.1, 0.15) is 58.6 Å². The van der Waals surface area contributed by atoms with Crippen LogP contribution in [0.4, 0.5) is 8.78 Å². The number of fused-ring (bicyclic) bond motifs is 3. The molecule has 1 aromatic carbocycles. The van der Waals surface area contributed by atoms with Crippen LogP contribution >= 0.6 is 0 Å². The number of rotatable bonds is 17. The van der Waals surface area contributed by atoms with E-state index in [1.54, 1.807) is 17.9 Å². The molecule has 0 aliphatic heterocycles. The topological polar surface area (TPSA) is 111 Å². The lowest BCUT2D eigenvalue weighted by Gasteiger charge is -2.41. The smallest absolute Gasteiger partial charge is 0.345 e. The minimum atomic E-state index is -3.71. The number of hydrogen-bond acceptors (Lipinski definition) is 8. The molecule has 1 fully saturated rings. The molecule has 0 bridgehead atoms. The Hall–Kier alpha value is -3.43. The average molecular weight is 762 g/mol. The summed E-state index contributed by atoms with van der Waals surface area (Å²) in [6, 6.07) is 6.50. The Balaban J connectivity index is 1.71. The maximum absolute atomic E-state index is 14.6. The van der Waals surface area contributed by atoms with Gasteiger partial charge in [0, 0.05) is 63.1 Å². The van der Waals surface area contributed by atoms with Crippen LogP contribution in [0.5, 0.6) is 0 Å². The number of carbonyl (C=O) groups excluding carboxylic acids is 1. The molecule has 14 heteroatoms. The molecular formula is C38H53F2N3O7SSi. The number of aromatic nitrogens is 1. The monoisotopic (exact) mass is 761 g/mol. The Labute approximate surface area is 306 Å². The first-order valence-corrected chi connectivity index (χ1v) is 23.3. The first kappa shape index (κ1) is 41.3. The summed E-state index contributed by atoms with van der Waals surface area (Å²) in [4.78, 5) is 30.4. The highest BCUT2D eigenvalue weighted by Gasteiger charge is 2.33. The predicted octanol–water partition coefficient (Wildman–Crippen LogP) is 7.86. The average Bonchev–Trinajstić information content (AvgIpc) is 3.44. The van der Waals surface area contributed by atoms with Crippen LogP contribution in [0.2, 0.25) is 25.7 Å². The molecular weight excluding hydrogens is 709 g/mol. The van der Waals surface area contributed by atoms with Gasteiger partial charge in [-0.05, 0) is 82.0 Å². The molecule has 1 aliphatic carbocycles. The zero-order valence-corrected chi connectivity index (χ0v) is 33.3. The molecule has 1 amide bonds. The van der Waals surface area contributed by atoms with E-state index < -0.39 is 35.5 Å². The van der Waals surface area contributed by atoms with Gasteiger partial charge >= 0.3 is 5.63 Å². The number of benzene rings is 1. The standard InChI is InChI=1S/C38H53F2N3O7SSi/c1-9-27(39)22-34(26(3)4)43(36(44)10-2)30-14-12-29(13-15-30)41(17-18-49-51(5,46)47)24-31-23-33-37(42(31)25-48-19-20-52(6,7)8)32-21-28(40)11-16-35(32)50-38(33)45/h9,11,16,21-23,29-30H,1,10,12-15,17-20,24-25H2,2-8H3/b27-22+/t29-,30-. The van der Waals surface area contributed by atoms with Crippen molar-refractivity contribution < 1.29 is 35.3 Å². The molecule has 52 heavy (non-hydrogen) atoms. The van der Waals surface area contributed by atoms with Crippen LogP contribution in [0.3, 0.4) is 0 Å². The fraction of sp³-hybridized carbons (Fsp3) is 0.526. The maximum atomic E-state index is 14.6. The number of ether oxygens (including phenoxy) is 1. The fourth-order valence-corrected chi connectivity index (χ4v) is 7.86. The summed E-state index contributed by atoms with van der Waals surface area (Å²) in [5.74, 6) is -1.10.